The van der Waals surface area contributed by atoms with Gasteiger partial charge in [0.2, 0.25) is 0 Å². The van der Waals surface area contributed by atoms with Gasteiger partial charge in [0.15, 0.2) is 0 Å². The van der Waals surface area contributed by atoms with Gasteiger partial charge in [0.05, 0.1) is 6.07 Å². The molecule has 1 rings (SSSR count). The van der Waals surface area contributed by atoms with Gasteiger partial charge in [0.25, 0.3) is 0 Å². The Hall–Kier alpha value is -0.980. The molecule has 98 valence electrons. The van der Waals surface area contributed by atoms with Crippen LogP contribution in [0.2, 0.25) is 0 Å². The summed E-state index contributed by atoms with van der Waals surface area (Å²) in [5.41, 5.74) is 6.26. The van der Waals surface area contributed by atoms with Crippen molar-refractivity contribution >= 4 is 11.8 Å². The summed E-state index contributed by atoms with van der Waals surface area (Å²) >= 11 is 1.89. The Labute approximate surface area is 115 Å². The summed E-state index contributed by atoms with van der Waals surface area (Å²) < 4.78 is 0. The van der Waals surface area contributed by atoms with Gasteiger partial charge in [-0.05, 0) is 23.7 Å². The fourth-order valence-electron chi connectivity index (χ4n) is 1.60. The first-order valence-corrected chi connectivity index (χ1v) is 7.42. The summed E-state index contributed by atoms with van der Waals surface area (Å²) in [5.74, 6) is 1.57. The molecule has 1 aromatic rings. The first kappa shape index (κ1) is 15.1. The fourth-order valence-corrected chi connectivity index (χ4v) is 2.80. The standard InChI is InChI=1S/C15H22N2S/c1-12(2)13(3)18-10-9-15(17,11-16)14-7-5-4-6-8-14/h4-8,12-13H,9-10,17H2,1-3H3. The van der Waals surface area contributed by atoms with Gasteiger partial charge in [-0.25, -0.2) is 0 Å². The summed E-state index contributed by atoms with van der Waals surface area (Å²) in [4.78, 5) is 0. The lowest BCUT2D eigenvalue weighted by atomic mass is 9.90. The maximum Gasteiger partial charge on any atom is 0.130 e. The number of nitrogens with zero attached hydrogens (tertiary/aromatic N) is 1. The minimum atomic E-state index is -0.856. The Balaban J connectivity index is 2.60. The van der Waals surface area contributed by atoms with Crippen molar-refractivity contribution in [1.82, 2.24) is 0 Å². The van der Waals surface area contributed by atoms with Gasteiger partial charge >= 0.3 is 0 Å². The van der Waals surface area contributed by atoms with Crippen LogP contribution in [0.1, 0.15) is 32.8 Å². The lowest BCUT2D eigenvalue weighted by molar-refractivity contribution is 0.558. The molecule has 1 aromatic carbocycles. The molecular weight excluding hydrogens is 240 g/mol. The van der Waals surface area contributed by atoms with Crippen LogP contribution in [0.15, 0.2) is 30.3 Å². The van der Waals surface area contributed by atoms with E-state index < -0.39 is 5.54 Å². The third-order valence-corrected chi connectivity index (χ3v) is 4.81. The van der Waals surface area contributed by atoms with E-state index in [0.717, 1.165) is 11.3 Å². The molecule has 0 saturated carbocycles. The minimum absolute atomic E-state index is 0.601. The van der Waals surface area contributed by atoms with Crippen molar-refractivity contribution in [1.29, 1.82) is 5.26 Å². The average molecular weight is 262 g/mol. The van der Waals surface area contributed by atoms with Crippen LogP contribution < -0.4 is 5.73 Å². The molecule has 2 atom stereocenters. The molecule has 18 heavy (non-hydrogen) atoms. The van der Waals surface area contributed by atoms with Gasteiger partial charge in [0, 0.05) is 5.25 Å². The van der Waals surface area contributed by atoms with E-state index in [1.807, 2.05) is 42.1 Å². The highest BCUT2D eigenvalue weighted by Gasteiger charge is 2.26. The lowest BCUT2D eigenvalue weighted by Crippen LogP contribution is -2.35. The van der Waals surface area contributed by atoms with Crippen molar-refractivity contribution in [3.05, 3.63) is 35.9 Å². The van der Waals surface area contributed by atoms with E-state index in [9.17, 15) is 5.26 Å². The number of thioether (sulfide) groups is 1. The van der Waals surface area contributed by atoms with Gasteiger partial charge in [-0.3, -0.25) is 0 Å². The molecule has 0 aliphatic carbocycles. The highest BCUT2D eigenvalue weighted by Crippen LogP contribution is 2.26. The predicted octanol–water partition coefficient (Wildman–Crippen LogP) is 3.53. The van der Waals surface area contributed by atoms with E-state index in [2.05, 4.69) is 26.8 Å². The van der Waals surface area contributed by atoms with Gasteiger partial charge in [-0.2, -0.15) is 17.0 Å². The number of hydrogen-bond donors (Lipinski definition) is 1. The molecule has 0 aromatic heterocycles. The second-order valence-corrected chi connectivity index (χ2v) is 6.50. The topological polar surface area (TPSA) is 49.8 Å². The van der Waals surface area contributed by atoms with Crippen LogP contribution in [0.5, 0.6) is 0 Å². The first-order valence-electron chi connectivity index (χ1n) is 6.37. The van der Waals surface area contributed by atoms with Crippen molar-refractivity contribution in [2.24, 2.45) is 11.7 Å². The van der Waals surface area contributed by atoms with Crippen molar-refractivity contribution in [3.8, 4) is 6.07 Å². The minimum Gasteiger partial charge on any atom is -0.310 e. The number of rotatable bonds is 6. The monoisotopic (exact) mass is 262 g/mol. The molecule has 0 spiro atoms. The van der Waals surface area contributed by atoms with Crippen LogP contribution >= 0.6 is 11.8 Å². The Morgan fingerprint density at radius 2 is 1.89 bits per heavy atom. The molecule has 0 aliphatic heterocycles. The Bertz CT molecular complexity index is 397. The van der Waals surface area contributed by atoms with Gasteiger partial charge in [-0.1, -0.05) is 51.1 Å². The molecular formula is C15H22N2S. The van der Waals surface area contributed by atoms with Crippen LogP contribution in [0.25, 0.3) is 0 Å². The largest absolute Gasteiger partial charge is 0.310 e. The Morgan fingerprint density at radius 1 is 1.28 bits per heavy atom. The molecule has 0 amide bonds. The molecule has 2 unspecified atom stereocenters. The highest BCUT2D eigenvalue weighted by molar-refractivity contribution is 7.99. The predicted molar refractivity (Wildman–Crippen MR) is 79.3 cm³/mol. The number of nitriles is 1. The zero-order chi connectivity index (χ0) is 13.6. The van der Waals surface area contributed by atoms with Crippen LogP contribution in [0.4, 0.5) is 0 Å². The van der Waals surface area contributed by atoms with Crippen molar-refractivity contribution in [3.63, 3.8) is 0 Å². The molecule has 0 heterocycles. The quantitative estimate of drug-likeness (QED) is 0.853. The number of hydrogen-bond acceptors (Lipinski definition) is 3. The van der Waals surface area contributed by atoms with Crippen LogP contribution in [0.3, 0.4) is 0 Å². The Morgan fingerprint density at radius 3 is 2.39 bits per heavy atom. The van der Waals surface area contributed by atoms with E-state index in [1.54, 1.807) is 0 Å². The number of benzene rings is 1. The third kappa shape index (κ3) is 4.04. The molecule has 3 heteroatoms. The molecule has 0 radical (unpaired) electrons. The zero-order valence-corrected chi connectivity index (χ0v) is 12.2. The van der Waals surface area contributed by atoms with Gasteiger partial charge < -0.3 is 5.73 Å². The third-order valence-electron chi connectivity index (χ3n) is 3.30. The summed E-state index contributed by atoms with van der Waals surface area (Å²) in [6, 6.07) is 11.9. The smallest absolute Gasteiger partial charge is 0.130 e. The second kappa shape index (κ2) is 6.82. The molecule has 0 saturated heterocycles. The van der Waals surface area contributed by atoms with E-state index in [-0.39, 0.29) is 0 Å². The van der Waals surface area contributed by atoms with Gasteiger partial charge in [0.1, 0.15) is 5.54 Å². The highest BCUT2D eigenvalue weighted by atomic mass is 32.2. The zero-order valence-electron chi connectivity index (χ0n) is 11.4. The molecule has 0 fully saturated rings. The molecule has 2 nitrogen and oxygen atoms in total. The van der Waals surface area contributed by atoms with E-state index in [4.69, 9.17) is 5.73 Å². The molecule has 0 aliphatic rings. The molecule has 0 bridgehead atoms. The van der Waals surface area contributed by atoms with Crippen molar-refractivity contribution < 1.29 is 0 Å². The Kier molecular flexibility index (Phi) is 5.71. The van der Waals surface area contributed by atoms with Crippen molar-refractivity contribution in [2.45, 2.75) is 38.0 Å². The second-order valence-electron chi connectivity index (χ2n) is 5.02. The van der Waals surface area contributed by atoms with Crippen LogP contribution in [0, 0.1) is 17.2 Å². The average Bonchev–Trinajstić information content (AvgIpc) is 2.39. The SMILES string of the molecule is CC(C)C(C)SCCC(N)(C#N)c1ccccc1. The van der Waals surface area contributed by atoms with Gasteiger partial charge in [-0.15, -0.1) is 0 Å². The van der Waals surface area contributed by atoms with E-state index >= 15 is 0 Å². The lowest BCUT2D eigenvalue weighted by Gasteiger charge is -2.23. The number of nitrogens with two attached hydrogens (primary N) is 1. The van der Waals surface area contributed by atoms with E-state index in [0.29, 0.717) is 17.6 Å². The van der Waals surface area contributed by atoms with Crippen molar-refractivity contribution in [2.75, 3.05) is 5.75 Å². The summed E-state index contributed by atoms with van der Waals surface area (Å²) in [6.07, 6.45) is 0.690. The maximum absolute atomic E-state index is 9.33. The fraction of sp³-hybridized carbons (Fsp3) is 0.533. The summed E-state index contributed by atoms with van der Waals surface area (Å²) in [6.45, 7) is 6.66. The summed E-state index contributed by atoms with van der Waals surface area (Å²) in [7, 11) is 0. The van der Waals surface area contributed by atoms with Crippen LogP contribution in [-0.2, 0) is 5.54 Å². The summed E-state index contributed by atoms with van der Waals surface area (Å²) in [5, 5.41) is 9.93. The maximum atomic E-state index is 9.33. The normalized spacial score (nSPS) is 16.0. The first-order chi connectivity index (χ1) is 8.49. The van der Waals surface area contributed by atoms with E-state index in [1.165, 1.54) is 0 Å². The molecule has 2 N–H and O–H groups in total. The van der Waals surface area contributed by atoms with Crippen LogP contribution in [-0.4, -0.2) is 11.0 Å².